The summed E-state index contributed by atoms with van der Waals surface area (Å²) in [6.45, 7) is 1.86. The molecule has 0 unspecified atom stereocenters. The maximum absolute atomic E-state index is 11.9. The monoisotopic (exact) mass is 394 g/mol. The maximum atomic E-state index is 11.9. The van der Waals surface area contributed by atoms with Crippen LogP contribution in [0.3, 0.4) is 0 Å². The van der Waals surface area contributed by atoms with E-state index in [0.717, 1.165) is 18.4 Å². The molecule has 0 saturated heterocycles. The quantitative estimate of drug-likeness (QED) is 0.378. The number of hydrogen-bond donors (Lipinski definition) is 3. The van der Waals surface area contributed by atoms with E-state index in [0.29, 0.717) is 17.0 Å². The zero-order valence-corrected chi connectivity index (χ0v) is 16.0. The number of carbonyl (C=O) groups is 3. The van der Waals surface area contributed by atoms with Gasteiger partial charge in [0.05, 0.1) is 6.21 Å². The summed E-state index contributed by atoms with van der Waals surface area (Å²) in [5, 5.41) is 9.09. The van der Waals surface area contributed by atoms with Crippen LogP contribution in [-0.4, -0.2) is 36.6 Å². The van der Waals surface area contributed by atoms with E-state index in [2.05, 4.69) is 21.2 Å². The van der Waals surface area contributed by atoms with Crippen molar-refractivity contribution in [2.45, 2.75) is 25.8 Å². The first-order valence-electron chi connectivity index (χ1n) is 9.23. The second-order valence-corrected chi connectivity index (χ2v) is 6.72. The van der Waals surface area contributed by atoms with Gasteiger partial charge >= 0.3 is 11.8 Å². The van der Waals surface area contributed by atoms with Crippen molar-refractivity contribution < 1.29 is 19.1 Å². The summed E-state index contributed by atoms with van der Waals surface area (Å²) in [5.41, 5.74) is 4.70. The molecule has 3 rings (SSSR count). The van der Waals surface area contributed by atoms with Crippen molar-refractivity contribution in [2.24, 2.45) is 5.10 Å². The lowest BCUT2D eigenvalue weighted by atomic mass is 10.2. The van der Waals surface area contributed by atoms with E-state index >= 15 is 0 Å². The van der Waals surface area contributed by atoms with Gasteiger partial charge in [-0.2, -0.15) is 5.10 Å². The highest BCUT2D eigenvalue weighted by molar-refractivity contribution is 6.35. The molecule has 1 aliphatic carbocycles. The highest BCUT2D eigenvalue weighted by Gasteiger charge is 2.26. The zero-order chi connectivity index (χ0) is 20.6. The molecular weight excluding hydrogens is 372 g/mol. The number of aryl methyl sites for hydroxylation is 1. The Morgan fingerprint density at radius 2 is 1.72 bits per heavy atom. The van der Waals surface area contributed by atoms with Crippen LogP contribution in [0, 0.1) is 6.92 Å². The van der Waals surface area contributed by atoms with Gasteiger partial charge in [0.25, 0.3) is 5.91 Å². The molecule has 1 saturated carbocycles. The van der Waals surface area contributed by atoms with Crippen molar-refractivity contribution in [3.8, 4) is 5.75 Å². The van der Waals surface area contributed by atoms with E-state index in [1.807, 2.05) is 31.2 Å². The highest BCUT2D eigenvalue weighted by Crippen LogP contribution is 2.18. The zero-order valence-electron chi connectivity index (χ0n) is 16.0. The van der Waals surface area contributed by atoms with Gasteiger partial charge in [0.1, 0.15) is 5.75 Å². The average molecular weight is 394 g/mol. The standard InChI is InChI=1S/C21H22N4O4/c1-14-2-6-16(7-3-14)23-19(26)13-29-18-10-4-15(5-11-18)12-22-25-21(28)20(27)24-17-8-9-17/h2-7,10-12,17H,8-9,13H2,1H3,(H,23,26)(H,24,27)(H,25,28)/b22-12+. The molecule has 0 radical (unpaired) electrons. The summed E-state index contributed by atoms with van der Waals surface area (Å²) in [7, 11) is 0. The number of ether oxygens (including phenoxy) is 1. The molecule has 0 aromatic heterocycles. The van der Waals surface area contributed by atoms with E-state index in [-0.39, 0.29) is 18.6 Å². The molecule has 150 valence electrons. The number of benzene rings is 2. The number of hydrogen-bond acceptors (Lipinski definition) is 5. The Balaban J connectivity index is 1.40. The predicted octanol–water partition coefficient (Wildman–Crippen LogP) is 1.74. The second-order valence-electron chi connectivity index (χ2n) is 6.72. The van der Waals surface area contributed by atoms with Crippen molar-refractivity contribution in [1.29, 1.82) is 0 Å². The van der Waals surface area contributed by atoms with Crippen LogP contribution in [0.2, 0.25) is 0 Å². The third-order valence-electron chi connectivity index (χ3n) is 4.08. The predicted molar refractivity (Wildman–Crippen MR) is 109 cm³/mol. The van der Waals surface area contributed by atoms with E-state index in [1.54, 1.807) is 24.3 Å². The number of rotatable bonds is 7. The topological polar surface area (TPSA) is 109 Å². The van der Waals surface area contributed by atoms with E-state index in [9.17, 15) is 14.4 Å². The molecule has 2 aromatic rings. The first-order chi connectivity index (χ1) is 14.0. The molecular formula is C21H22N4O4. The Bertz CT molecular complexity index is 903. The van der Waals surface area contributed by atoms with E-state index in [4.69, 9.17) is 4.74 Å². The number of nitrogens with zero attached hydrogens (tertiary/aromatic N) is 1. The van der Waals surface area contributed by atoms with Gasteiger partial charge in [-0.1, -0.05) is 17.7 Å². The van der Waals surface area contributed by atoms with Gasteiger partial charge in [0, 0.05) is 11.7 Å². The Labute approximate surface area is 168 Å². The minimum atomic E-state index is -0.798. The fourth-order valence-corrected chi connectivity index (χ4v) is 2.33. The van der Waals surface area contributed by atoms with Crippen LogP contribution in [0.25, 0.3) is 0 Å². The molecule has 0 spiro atoms. The van der Waals surface area contributed by atoms with Gasteiger partial charge < -0.3 is 15.4 Å². The molecule has 3 N–H and O–H groups in total. The van der Waals surface area contributed by atoms with Gasteiger partial charge in [0.15, 0.2) is 6.61 Å². The SMILES string of the molecule is Cc1ccc(NC(=O)COc2ccc(/C=N/NC(=O)C(=O)NC3CC3)cc2)cc1. The number of carbonyl (C=O) groups excluding carboxylic acids is 3. The average Bonchev–Trinajstić information content (AvgIpc) is 3.53. The van der Waals surface area contributed by atoms with E-state index in [1.165, 1.54) is 6.21 Å². The largest absolute Gasteiger partial charge is 0.484 e. The third-order valence-corrected chi connectivity index (χ3v) is 4.08. The van der Waals surface area contributed by atoms with Crippen molar-refractivity contribution in [1.82, 2.24) is 10.7 Å². The Hall–Kier alpha value is -3.68. The molecule has 0 bridgehead atoms. The molecule has 8 nitrogen and oxygen atoms in total. The van der Waals surface area contributed by atoms with Crippen molar-refractivity contribution in [3.05, 3.63) is 59.7 Å². The summed E-state index contributed by atoms with van der Waals surface area (Å²) in [4.78, 5) is 35.0. The lowest BCUT2D eigenvalue weighted by Gasteiger charge is -2.08. The van der Waals surface area contributed by atoms with Gasteiger partial charge in [-0.15, -0.1) is 0 Å². The number of nitrogens with one attached hydrogen (secondary N) is 3. The second kappa shape index (κ2) is 9.50. The number of hydrazone groups is 1. The summed E-state index contributed by atoms with van der Waals surface area (Å²) in [6, 6.07) is 14.4. The fourth-order valence-electron chi connectivity index (χ4n) is 2.33. The lowest BCUT2D eigenvalue weighted by Crippen LogP contribution is -2.38. The smallest absolute Gasteiger partial charge is 0.329 e. The molecule has 3 amide bonds. The molecule has 2 aromatic carbocycles. The van der Waals surface area contributed by atoms with Crippen LogP contribution in [0.15, 0.2) is 53.6 Å². The normalized spacial score (nSPS) is 13.0. The Kier molecular flexibility index (Phi) is 6.57. The first kappa shape index (κ1) is 20.1. The van der Waals surface area contributed by atoms with Crippen LogP contribution in [0.4, 0.5) is 5.69 Å². The van der Waals surface area contributed by atoms with Crippen LogP contribution < -0.4 is 20.8 Å². The van der Waals surface area contributed by atoms with Gasteiger partial charge in [-0.05, 0) is 61.7 Å². The minimum absolute atomic E-state index is 0.115. The highest BCUT2D eigenvalue weighted by atomic mass is 16.5. The molecule has 1 fully saturated rings. The fraction of sp³-hybridized carbons (Fsp3) is 0.238. The van der Waals surface area contributed by atoms with Crippen LogP contribution in [0.1, 0.15) is 24.0 Å². The maximum Gasteiger partial charge on any atom is 0.329 e. The lowest BCUT2D eigenvalue weighted by molar-refractivity contribution is -0.139. The number of anilines is 1. The number of amides is 3. The van der Waals surface area contributed by atoms with Crippen molar-refractivity contribution in [3.63, 3.8) is 0 Å². The minimum Gasteiger partial charge on any atom is -0.484 e. The van der Waals surface area contributed by atoms with Crippen molar-refractivity contribution in [2.75, 3.05) is 11.9 Å². The molecule has 0 aliphatic heterocycles. The summed E-state index contributed by atoms with van der Waals surface area (Å²) >= 11 is 0. The van der Waals surface area contributed by atoms with Gasteiger partial charge in [-0.25, -0.2) is 5.43 Å². The summed E-state index contributed by atoms with van der Waals surface area (Å²) in [6.07, 6.45) is 3.23. The van der Waals surface area contributed by atoms with Crippen LogP contribution in [0.5, 0.6) is 5.75 Å². The molecule has 0 atom stereocenters. The third kappa shape index (κ3) is 6.76. The first-order valence-corrected chi connectivity index (χ1v) is 9.23. The Morgan fingerprint density at radius 3 is 2.38 bits per heavy atom. The molecule has 8 heteroatoms. The van der Waals surface area contributed by atoms with Gasteiger partial charge in [0.2, 0.25) is 0 Å². The Morgan fingerprint density at radius 1 is 1.03 bits per heavy atom. The van der Waals surface area contributed by atoms with Crippen LogP contribution in [-0.2, 0) is 14.4 Å². The van der Waals surface area contributed by atoms with E-state index < -0.39 is 11.8 Å². The van der Waals surface area contributed by atoms with Crippen LogP contribution >= 0.6 is 0 Å². The summed E-state index contributed by atoms with van der Waals surface area (Å²) < 4.78 is 5.46. The van der Waals surface area contributed by atoms with Crippen molar-refractivity contribution >= 4 is 29.6 Å². The molecule has 0 heterocycles. The van der Waals surface area contributed by atoms with Gasteiger partial charge in [-0.3, -0.25) is 14.4 Å². The molecule has 29 heavy (non-hydrogen) atoms. The summed E-state index contributed by atoms with van der Waals surface area (Å²) in [5.74, 6) is -1.22. The molecule has 1 aliphatic rings.